The van der Waals surface area contributed by atoms with Gasteiger partial charge in [-0.2, -0.15) is 0 Å². The highest BCUT2D eigenvalue weighted by Gasteiger charge is 2.22. The molecule has 0 aromatic heterocycles. The van der Waals surface area contributed by atoms with E-state index in [1.165, 1.54) is 0 Å². The van der Waals surface area contributed by atoms with Crippen LogP contribution in [-0.4, -0.2) is 47.9 Å². The van der Waals surface area contributed by atoms with Crippen LogP contribution in [0.2, 0.25) is 0 Å². The first-order valence-corrected chi connectivity index (χ1v) is 5.41. The van der Waals surface area contributed by atoms with Crippen molar-refractivity contribution in [3.63, 3.8) is 0 Å². The van der Waals surface area contributed by atoms with E-state index in [-0.39, 0.29) is 18.7 Å². The number of hydrogen-bond acceptors (Lipinski definition) is 5. The summed E-state index contributed by atoms with van der Waals surface area (Å²) in [6.45, 7) is 2.66. The fourth-order valence-corrected chi connectivity index (χ4v) is 1.49. The predicted octanol–water partition coefficient (Wildman–Crippen LogP) is 0.420. The molecule has 16 heavy (non-hydrogen) atoms. The molecule has 6 nitrogen and oxygen atoms in total. The minimum atomic E-state index is -0.958. The van der Waals surface area contributed by atoms with E-state index in [0.29, 0.717) is 32.4 Å². The van der Waals surface area contributed by atoms with Crippen molar-refractivity contribution in [1.82, 2.24) is 5.06 Å². The number of carboxylic acids is 1. The molecule has 0 bridgehead atoms. The monoisotopic (exact) mass is 231 g/mol. The van der Waals surface area contributed by atoms with Gasteiger partial charge in [-0.3, -0.25) is 4.79 Å². The molecule has 0 aromatic carbocycles. The molecule has 0 spiro atoms. The van der Waals surface area contributed by atoms with Crippen LogP contribution in [0, 0.1) is 0 Å². The molecule has 1 N–H and O–H groups in total. The third kappa shape index (κ3) is 4.59. The lowest BCUT2D eigenvalue weighted by molar-refractivity contribution is -0.200. The maximum absolute atomic E-state index is 11.0. The molecule has 0 aromatic rings. The Hall–Kier alpha value is -1.14. The zero-order valence-electron chi connectivity index (χ0n) is 9.35. The fourth-order valence-electron chi connectivity index (χ4n) is 1.49. The molecular formula is C10H17NO5. The second kappa shape index (κ2) is 6.44. The maximum Gasteiger partial charge on any atom is 0.329 e. The van der Waals surface area contributed by atoms with Gasteiger partial charge in [0.05, 0.1) is 6.10 Å². The minimum absolute atomic E-state index is 0.0484. The van der Waals surface area contributed by atoms with Gasteiger partial charge in [-0.15, -0.1) is 5.06 Å². The summed E-state index contributed by atoms with van der Waals surface area (Å²) in [4.78, 5) is 26.3. The SMILES string of the molecule is CCC(=O)ON1CCC(OCC(=O)O)CC1. The maximum atomic E-state index is 11.0. The average molecular weight is 231 g/mol. The predicted molar refractivity (Wildman–Crippen MR) is 54.6 cm³/mol. The molecular weight excluding hydrogens is 214 g/mol. The number of ether oxygens (including phenoxy) is 1. The van der Waals surface area contributed by atoms with Gasteiger partial charge >= 0.3 is 11.9 Å². The number of rotatable bonds is 5. The zero-order valence-corrected chi connectivity index (χ0v) is 9.35. The molecule has 0 radical (unpaired) electrons. The number of nitrogens with zero attached hydrogens (tertiary/aromatic N) is 1. The first-order valence-electron chi connectivity index (χ1n) is 5.41. The first kappa shape index (κ1) is 12.9. The van der Waals surface area contributed by atoms with Gasteiger partial charge in [0, 0.05) is 19.5 Å². The Labute approximate surface area is 94.1 Å². The van der Waals surface area contributed by atoms with E-state index in [2.05, 4.69) is 0 Å². The van der Waals surface area contributed by atoms with E-state index in [9.17, 15) is 9.59 Å². The molecule has 92 valence electrons. The lowest BCUT2D eigenvalue weighted by atomic mass is 10.1. The Morgan fingerprint density at radius 2 is 2.00 bits per heavy atom. The number of piperidine rings is 1. The van der Waals surface area contributed by atoms with Crippen LogP contribution in [0.15, 0.2) is 0 Å². The number of aliphatic carboxylic acids is 1. The van der Waals surface area contributed by atoms with Crippen molar-refractivity contribution in [3.05, 3.63) is 0 Å². The molecule has 0 unspecified atom stereocenters. The van der Waals surface area contributed by atoms with E-state index in [1.807, 2.05) is 0 Å². The minimum Gasteiger partial charge on any atom is -0.480 e. The summed E-state index contributed by atoms with van der Waals surface area (Å²) in [5.41, 5.74) is 0. The van der Waals surface area contributed by atoms with Gasteiger partial charge in [0.1, 0.15) is 6.61 Å². The first-order chi connectivity index (χ1) is 7.61. The molecule has 0 aliphatic carbocycles. The number of carbonyl (C=O) groups excluding carboxylic acids is 1. The lowest BCUT2D eigenvalue weighted by Crippen LogP contribution is -2.38. The Balaban J connectivity index is 2.18. The molecule has 1 aliphatic rings. The quantitative estimate of drug-likeness (QED) is 0.739. The summed E-state index contributed by atoms with van der Waals surface area (Å²) in [7, 11) is 0. The average Bonchev–Trinajstić information content (AvgIpc) is 2.28. The molecule has 1 heterocycles. The van der Waals surface area contributed by atoms with Crippen molar-refractivity contribution < 1.29 is 24.3 Å². The normalized spacial score (nSPS) is 18.3. The van der Waals surface area contributed by atoms with Crippen molar-refractivity contribution in [2.45, 2.75) is 32.3 Å². The van der Waals surface area contributed by atoms with Gasteiger partial charge in [-0.05, 0) is 12.8 Å². The Kier molecular flexibility index (Phi) is 5.21. The summed E-state index contributed by atoms with van der Waals surface area (Å²) < 4.78 is 5.16. The van der Waals surface area contributed by atoms with Crippen LogP contribution < -0.4 is 0 Å². The molecule has 1 aliphatic heterocycles. The van der Waals surface area contributed by atoms with E-state index in [1.54, 1.807) is 12.0 Å². The molecule has 1 fully saturated rings. The van der Waals surface area contributed by atoms with Crippen LogP contribution in [0.25, 0.3) is 0 Å². The summed E-state index contributed by atoms with van der Waals surface area (Å²) >= 11 is 0. The molecule has 1 rings (SSSR count). The van der Waals surface area contributed by atoms with Gasteiger partial charge in [0.15, 0.2) is 0 Å². The zero-order chi connectivity index (χ0) is 12.0. The third-order valence-electron chi connectivity index (χ3n) is 2.36. The van der Waals surface area contributed by atoms with Gasteiger partial charge in [-0.25, -0.2) is 4.79 Å². The van der Waals surface area contributed by atoms with Gasteiger partial charge in [0.25, 0.3) is 0 Å². The summed E-state index contributed by atoms with van der Waals surface area (Å²) in [6, 6.07) is 0. The standard InChI is InChI=1S/C10H17NO5/c1-2-10(14)16-11-5-3-8(4-6-11)15-7-9(12)13/h8H,2-7H2,1H3,(H,12,13). The second-order valence-electron chi connectivity index (χ2n) is 3.65. The fraction of sp³-hybridized carbons (Fsp3) is 0.800. The summed E-state index contributed by atoms with van der Waals surface area (Å²) in [5.74, 6) is -1.20. The van der Waals surface area contributed by atoms with E-state index in [4.69, 9.17) is 14.7 Å². The largest absolute Gasteiger partial charge is 0.480 e. The van der Waals surface area contributed by atoms with Crippen LogP contribution in [0.1, 0.15) is 26.2 Å². The van der Waals surface area contributed by atoms with Crippen LogP contribution in [-0.2, 0) is 19.2 Å². The van der Waals surface area contributed by atoms with Gasteiger partial charge in [0.2, 0.25) is 0 Å². The molecule has 1 saturated heterocycles. The molecule has 6 heteroatoms. The lowest BCUT2D eigenvalue weighted by Gasteiger charge is -2.29. The Morgan fingerprint density at radius 1 is 1.38 bits per heavy atom. The topological polar surface area (TPSA) is 76.1 Å². The smallest absolute Gasteiger partial charge is 0.329 e. The highest BCUT2D eigenvalue weighted by molar-refractivity contribution is 5.68. The highest BCUT2D eigenvalue weighted by atomic mass is 16.7. The van der Waals surface area contributed by atoms with E-state index >= 15 is 0 Å². The summed E-state index contributed by atoms with van der Waals surface area (Å²) in [6.07, 6.45) is 1.68. The second-order valence-corrected chi connectivity index (χ2v) is 3.65. The van der Waals surface area contributed by atoms with Crippen molar-refractivity contribution in [2.24, 2.45) is 0 Å². The number of hydrogen-bond donors (Lipinski definition) is 1. The van der Waals surface area contributed by atoms with Gasteiger partial charge in [-0.1, -0.05) is 6.92 Å². The van der Waals surface area contributed by atoms with Crippen LogP contribution in [0.3, 0.4) is 0 Å². The molecule has 0 atom stereocenters. The van der Waals surface area contributed by atoms with Crippen LogP contribution in [0.4, 0.5) is 0 Å². The third-order valence-corrected chi connectivity index (χ3v) is 2.36. The van der Waals surface area contributed by atoms with Crippen molar-refractivity contribution in [1.29, 1.82) is 0 Å². The molecule has 0 saturated carbocycles. The van der Waals surface area contributed by atoms with E-state index < -0.39 is 5.97 Å². The Morgan fingerprint density at radius 3 is 2.50 bits per heavy atom. The highest BCUT2D eigenvalue weighted by Crippen LogP contribution is 2.14. The van der Waals surface area contributed by atoms with E-state index in [0.717, 1.165) is 0 Å². The number of hydroxylamine groups is 2. The van der Waals surface area contributed by atoms with Crippen molar-refractivity contribution in [3.8, 4) is 0 Å². The number of carbonyl (C=O) groups is 2. The van der Waals surface area contributed by atoms with Crippen molar-refractivity contribution >= 4 is 11.9 Å². The van der Waals surface area contributed by atoms with Crippen LogP contribution >= 0.6 is 0 Å². The molecule has 0 amide bonds. The van der Waals surface area contributed by atoms with Crippen molar-refractivity contribution in [2.75, 3.05) is 19.7 Å². The number of carboxylic acid groups (broad SMARTS) is 1. The van der Waals surface area contributed by atoms with Gasteiger partial charge < -0.3 is 14.7 Å². The van der Waals surface area contributed by atoms with Crippen LogP contribution in [0.5, 0.6) is 0 Å². The Bertz CT molecular complexity index is 248. The summed E-state index contributed by atoms with van der Waals surface area (Å²) in [5, 5.41) is 10.0.